The molecule has 4 aliphatic rings. The minimum Gasteiger partial charge on any atom is -0.489 e. The van der Waals surface area contributed by atoms with E-state index in [2.05, 4.69) is 18.0 Å². The van der Waals surface area contributed by atoms with E-state index >= 15 is 0 Å². The maximum Gasteiger partial charge on any atom is 0.307 e. The smallest absolute Gasteiger partial charge is 0.307 e. The molecule has 2 heterocycles. The number of carboxylic acids is 1. The predicted molar refractivity (Wildman–Crippen MR) is 120 cm³/mol. The van der Waals surface area contributed by atoms with Crippen molar-refractivity contribution in [1.82, 2.24) is 4.98 Å². The van der Waals surface area contributed by atoms with Crippen molar-refractivity contribution in [2.45, 2.75) is 38.2 Å². The van der Waals surface area contributed by atoms with Crippen molar-refractivity contribution in [3.05, 3.63) is 77.4 Å². The Bertz CT molecular complexity index is 1330. The van der Waals surface area contributed by atoms with Gasteiger partial charge in [0, 0.05) is 48.4 Å². The Hall–Kier alpha value is -3.54. The Labute approximate surface area is 190 Å². The first-order valence-corrected chi connectivity index (χ1v) is 11.3. The number of Topliss-reactive ketones (excluding diaryl/α,β-unsaturated/α-hetero) is 2. The van der Waals surface area contributed by atoms with Gasteiger partial charge in [0.1, 0.15) is 17.6 Å². The highest BCUT2D eigenvalue weighted by Crippen LogP contribution is 2.58. The number of allylic oxidation sites excluding steroid dienone is 4. The lowest BCUT2D eigenvalue weighted by Gasteiger charge is -2.44. The average molecular weight is 441 g/mol. The summed E-state index contributed by atoms with van der Waals surface area (Å²) >= 11 is 0. The summed E-state index contributed by atoms with van der Waals surface area (Å²) in [5, 5.41) is 11.5. The molecule has 0 saturated heterocycles. The van der Waals surface area contributed by atoms with Gasteiger partial charge >= 0.3 is 5.97 Å². The zero-order chi connectivity index (χ0) is 22.9. The molecule has 1 aromatic carbocycles. The molecule has 33 heavy (non-hydrogen) atoms. The molecule has 6 heteroatoms. The molecule has 1 saturated carbocycles. The van der Waals surface area contributed by atoms with Gasteiger partial charge in [-0.3, -0.25) is 19.4 Å². The standard InChI is InChI=1S/C27H23NO5/c1-27-7-5-14-9-19-21(29)10-16(26(31)32)11-23(19)33-25(14)20(27)12-22(30)24(27)18-4-2-3-15-13-28-8-6-17(15)18/h2-9,13,16,20,24-25H,10-12H2,1H3,(H,31,32)/t16?,20-,24-,25+,27-/m0/s1. The summed E-state index contributed by atoms with van der Waals surface area (Å²) in [6.07, 6.45) is 9.70. The van der Waals surface area contributed by atoms with Crippen molar-refractivity contribution in [2.24, 2.45) is 17.3 Å². The van der Waals surface area contributed by atoms with Crippen molar-refractivity contribution in [2.75, 3.05) is 0 Å². The van der Waals surface area contributed by atoms with E-state index in [0.717, 1.165) is 21.9 Å². The second kappa shape index (κ2) is 6.98. The molecule has 1 fully saturated rings. The molecule has 0 spiro atoms. The number of fused-ring (bicyclic) bond motifs is 4. The van der Waals surface area contributed by atoms with Crippen molar-refractivity contribution in [3.63, 3.8) is 0 Å². The summed E-state index contributed by atoms with van der Waals surface area (Å²) in [5.74, 6) is -1.73. The number of rotatable bonds is 2. The van der Waals surface area contributed by atoms with Crippen LogP contribution >= 0.6 is 0 Å². The highest BCUT2D eigenvalue weighted by Gasteiger charge is 2.57. The lowest BCUT2D eigenvalue weighted by molar-refractivity contribution is -0.144. The molecule has 6 rings (SSSR count). The number of hydrogen-bond donors (Lipinski definition) is 1. The van der Waals surface area contributed by atoms with Crippen molar-refractivity contribution in [3.8, 4) is 0 Å². The highest BCUT2D eigenvalue weighted by molar-refractivity contribution is 6.02. The zero-order valence-corrected chi connectivity index (χ0v) is 18.2. The Morgan fingerprint density at radius 2 is 2.03 bits per heavy atom. The number of carboxylic acid groups (broad SMARTS) is 1. The molecule has 1 aromatic heterocycles. The van der Waals surface area contributed by atoms with E-state index in [9.17, 15) is 19.5 Å². The van der Waals surface area contributed by atoms with Gasteiger partial charge in [-0.1, -0.05) is 37.3 Å². The average Bonchev–Trinajstić information content (AvgIpc) is 3.08. The molecule has 3 aliphatic carbocycles. The Balaban J connectivity index is 1.42. The summed E-state index contributed by atoms with van der Waals surface area (Å²) in [6.45, 7) is 2.11. The van der Waals surface area contributed by atoms with Crippen LogP contribution in [-0.4, -0.2) is 33.7 Å². The lowest BCUT2D eigenvalue weighted by atomic mass is 9.64. The van der Waals surface area contributed by atoms with Crippen LogP contribution in [0.15, 0.2) is 71.8 Å². The fourth-order valence-electron chi connectivity index (χ4n) is 6.22. The van der Waals surface area contributed by atoms with Crippen LogP contribution < -0.4 is 0 Å². The van der Waals surface area contributed by atoms with Crippen LogP contribution in [0, 0.1) is 17.3 Å². The van der Waals surface area contributed by atoms with E-state index in [0.29, 0.717) is 17.8 Å². The minimum atomic E-state index is -0.983. The van der Waals surface area contributed by atoms with E-state index in [4.69, 9.17) is 4.74 Å². The number of benzene rings is 1. The number of pyridine rings is 1. The summed E-state index contributed by atoms with van der Waals surface area (Å²) in [6, 6.07) is 7.95. The van der Waals surface area contributed by atoms with Gasteiger partial charge in [-0.2, -0.15) is 0 Å². The normalized spacial score (nSPS) is 32.7. The third-order valence-corrected chi connectivity index (χ3v) is 7.91. The molecule has 0 amide bonds. The van der Waals surface area contributed by atoms with Crippen LogP contribution in [0.5, 0.6) is 0 Å². The number of ketones is 2. The third-order valence-electron chi connectivity index (χ3n) is 7.91. The van der Waals surface area contributed by atoms with Crippen LogP contribution in [-0.2, 0) is 19.1 Å². The highest BCUT2D eigenvalue weighted by atomic mass is 16.5. The molecule has 1 N–H and O–H groups in total. The summed E-state index contributed by atoms with van der Waals surface area (Å²) in [5.41, 5.74) is 1.90. The van der Waals surface area contributed by atoms with E-state index < -0.39 is 17.3 Å². The van der Waals surface area contributed by atoms with Gasteiger partial charge in [-0.25, -0.2) is 0 Å². The number of nitrogens with zero attached hydrogens (tertiary/aromatic N) is 1. The van der Waals surface area contributed by atoms with Gasteiger partial charge in [-0.15, -0.1) is 0 Å². The largest absolute Gasteiger partial charge is 0.489 e. The van der Waals surface area contributed by atoms with Gasteiger partial charge < -0.3 is 9.84 Å². The molecule has 0 bridgehead atoms. The molecular formula is C27H23NO5. The molecule has 166 valence electrons. The first kappa shape index (κ1) is 20.1. The fraction of sp³-hybridized carbons (Fsp3) is 0.333. The molecule has 1 aliphatic heterocycles. The maximum atomic E-state index is 13.5. The summed E-state index contributed by atoms with van der Waals surface area (Å²) in [7, 11) is 0. The maximum absolute atomic E-state index is 13.5. The number of carbonyl (C=O) groups excluding carboxylic acids is 2. The number of hydrogen-bond acceptors (Lipinski definition) is 5. The van der Waals surface area contributed by atoms with E-state index in [1.807, 2.05) is 42.6 Å². The lowest BCUT2D eigenvalue weighted by Crippen LogP contribution is -2.41. The molecule has 5 atom stereocenters. The van der Waals surface area contributed by atoms with E-state index in [-0.39, 0.29) is 42.3 Å². The van der Waals surface area contributed by atoms with Gasteiger partial charge in [0.2, 0.25) is 0 Å². The third kappa shape index (κ3) is 2.86. The Morgan fingerprint density at radius 1 is 1.18 bits per heavy atom. The van der Waals surface area contributed by atoms with Gasteiger partial charge in [0.25, 0.3) is 0 Å². The number of aromatic nitrogens is 1. The Morgan fingerprint density at radius 3 is 2.85 bits per heavy atom. The molecule has 6 nitrogen and oxygen atoms in total. The first-order chi connectivity index (χ1) is 15.9. The van der Waals surface area contributed by atoms with Crippen LogP contribution in [0.4, 0.5) is 0 Å². The van der Waals surface area contributed by atoms with Crippen LogP contribution in [0.3, 0.4) is 0 Å². The number of ether oxygens (including phenoxy) is 1. The second-order valence-corrected chi connectivity index (χ2v) is 9.74. The summed E-state index contributed by atoms with van der Waals surface area (Å²) < 4.78 is 6.36. The van der Waals surface area contributed by atoms with Crippen molar-refractivity contribution < 1.29 is 24.2 Å². The monoisotopic (exact) mass is 441 g/mol. The predicted octanol–water partition coefficient (Wildman–Crippen LogP) is 4.13. The molecule has 2 aromatic rings. The van der Waals surface area contributed by atoms with Crippen LogP contribution in [0.1, 0.15) is 37.7 Å². The number of carbonyl (C=O) groups is 3. The molecule has 1 unspecified atom stereocenters. The fourth-order valence-corrected chi connectivity index (χ4v) is 6.22. The van der Waals surface area contributed by atoms with Gasteiger partial charge in [0.15, 0.2) is 5.78 Å². The topological polar surface area (TPSA) is 93.6 Å². The minimum absolute atomic E-state index is 0.00662. The van der Waals surface area contributed by atoms with E-state index in [1.165, 1.54) is 0 Å². The Kier molecular flexibility index (Phi) is 4.25. The van der Waals surface area contributed by atoms with E-state index in [1.54, 1.807) is 6.20 Å². The van der Waals surface area contributed by atoms with Crippen LogP contribution in [0.2, 0.25) is 0 Å². The van der Waals surface area contributed by atoms with Crippen molar-refractivity contribution in [1.29, 1.82) is 0 Å². The first-order valence-electron chi connectivity index (χ1n) is 11.3. The van der Waals surface area contributed by atoms with Crippen molar-refractivity contribution >= 4 is 28.3 Å². The summed E-state index contributed by atoms with van der Waals surface area (Å²) in [4.78, 5) is 41.8. The van der Waals surface area contributed by atoms with Gasteiger partial charge in [0.05, 0.1) is 17.4 Å². The number of aliphatic carboxylic acids is 1. The zero-order valence-electron chi connectivity index (χ0n) is 18.2. The van der Waals surface area contributed by atoms with Crippen LogP contribution in [0.25, 0.3) is 10.8 Å². The molecule has 0 radical (unpaired) electrons. The molecular weight excluding hydrogens is 418 g/mol. The quantitative estimate of drug-likeness (QED) is 0.753. The second-order valence-electron chi connectivity index (χ2n) is 9.74. The van der Waals surface area contributed by atoms with Gasteiger partial charge in [-0.05, 0) is 28.7 Å². The SMILES string of the molecule is C[C@]12C=CC3=CC4=C(CC(C(=O)O)CC4=O)O[C@H]3[C@@H]1CC(=O)[C@@H]2c1cccc2cnccc12.